The van der Waals surface area contributed by atoms with Gasteiger partial charge in [-0.1, -0.05) is 18.9 Å². The monoisotopic (exact) mass is 303 g/mol. The number of hydrogen-bond acceptors (Lipinski definition) is 3. The lowest BCUT2D eigenvalue weighted by Gasteiger charge is -2.24. The average Bonchev–Trinajstić information content (AvgIpc) is 3.18. The summed E-state index contributed by atoms with van der Waals surface area (Å²) in [5.74, 6) is 0.793. The van der Waals surface area contributed by atoms with Gasteiger partial charge in [0.2, 0.25) is 0 Å². The van der Waals surface area contributed by atoms with Gasteiger partial charge in [-0.25, -0.2) is 0 Å². The standard InChI is InChI=1S/C17H25N3S/c1-12-15(13(2)20(3)19-12)11-18-17(14-7-4-5-8-14)16-9-6-10-21-16/h6,9-10,14,17-18H,4-5,7-8,11H2,1-3H3. The van der Waals surface area contributed by atoms with Crippen LogP contribution < -0.4 is 5.32 Å². The third kappa shape index (κ3) is 3.06. The van der Waals surface area contributed by atoms with Crippen molar-refractivity contribution in [2.75, 3.05) is 0 Å². The molecule has 0 saturated heterocycles. The normalized spacial score (nSPS) is 17.5. The molecule has 0 amide bonds. The van der Waals surface area contributed by atoms with Gasteiger partial charge >= 0.3 is 0 Å². The molecule has 1 N–H and O–H groups in total. The minimum Gasteiger partial charge on any atom is -0.305 e. The molecule has 2 aromatic heterocycles. The number of nitrogens with zero attached hydrogens (tertiary/aromatic N) is 2. The summed E-state index contributed by atoms with van der Waals surface area (Å²) in [4.78, 5) is 1.49. The topological polar surface area (TPSA) is 29.9 Å². The van der Waals surface area contributed by atoms with Crippen LogP contribution in [0.25, 0.3) is 0 Å². The summed E-state index contributed by atoms with van der Waals surface area (Å²) in [5, 5.41) is 10.6. The molecule has 2 aromatic rings. The quantitative estimate of drug-likeness (QED) is 0.900. The molecule has 0 aromatic carbocycles. The maximum absolute atomic E-state index is 4.53. The van der Waals surface area contributed by atoms with Crippen molar-refractivity contribution in [2.45, 2.75) is 52.1 Å². The zero-order valence-electron chi connectivity index (χ0n) is 13.2. The third-order valence-electron chi connectivity index (χ3n) is 4.88. The molecule has 3 rings (SSSR count). The van der Waals surface area contributed by atoms with Crippen molar-refractivity contribution >= 4 is 11.3 Å². The van der Waals surface area contributed by atoms with Crippen LogP contribution in [0.4, 0.5) is 0 Å². The average molecular weight is 303 g/mol. The highest BCUT2D eigenvalue weighted by Crippen LogP contribution is 2.37. The predicted molar refractivity (Wildman–Crippen MR) is 88.5 cm³/mol. The Morgan fingerprint density at radius 1 is 1.38 bits per heavy atom. The van der Waals surface area contributed by atoms with E-state index >= 15 is 0 Å². The first-order chi connectivity index (χ1) is 10.2. The highest BCUT2D eigenvalue weighted by Gasteiger charge is 2.27. The summed E-state index contributed by atoms with van der Waals surface area (Å²) in [6.07, 6.45) is 5.50. The first kappa shape index (κ1) is 14.8. The van der Waals surface area contributed by atoms with Crippen LogP contribution in [0.5, 0.6) is 0 Å². The molecule has 21 heavy (non-hydrogen) atoms. The van der Waals surface area contributed by atoms with Crippen LogP contribution in [0.15, 0.2) is 17.5 Å². The molecule has 1 aliphatic rings. The van der Waals surface area contributed by atoms with Crippen molar-refractivity contribution in [3.63, 3.8) is 0 Å². The summed E-state index contributed by atoms with van der Waals surface area (Å²) in [7, 11) is 2.03. The Hall–Kier alpha value is -1.13. The number of rotatable bonds is 5. The number of aromatic nitrogens is 2. The summed E-state index contributed by atoms with van der Waals surface area (Å²) < 4.78 is 1.99. The Kier molecular flexibility index (Phi) is 4.45. The predicted octanol–water partition coefficient (Wildman–Crippen LogP) is 4.12. The number of thiophene rings is 1. The second-order valence-corrected chi connectivity index (χ2v) is 7.17. The van der Waals surface area contributed by atoms with Crippen LogP contribution in [0.3, 0.4) is 0 Å². The Labute approximate surface area is 131 Å². The smallest absolute Gasteiger partial charge is 0.0641 e. The molecule has 4 heteroatoms. The van der Waals surface area contributed by atoms with Gasteiger partial charge in [0.05, 0.1) is 5.69 Å². The fourth-order valence-corrected chi connectivity index (χ4v) is 4.44. The molecular weight excluding hydrogens is 278 g/mol. The molecule has 0 spiro atoms. The molecule has 2 heterocycles. The van der Waals surface area contributed by atoms with Gasteiger partial charge in [-0.15, -0.1) is 11.3 Å². The SMILES string of the molecule is Cc1nn(C)c(C)c1CNC(c1cccs1)C1CCCC1. The van der Waals surface area contributed by atoms with E-state index in [9.17, 15) is 0 Å². The number of hydrogen-bond donors (Lipinski definition) is 1. The molecular formula is C17H25N3S. The first-order valence-corrected chi connectivity index (χ1v) is 8.80. The lowest BCUT2D eigenvalue weighted by Crippen LogP contribution is -2.26. The van der Waals surface area contributed by atoms with E-state index in [-0.39, 0.29) is 0 Å². The second-order valence-electron chi connectivity index (χ2n) is 6.19. The van der Waals surface area contributed by atoms with Crippen molar-refractivity contribution < 1.29 is 0 Å². The molecule has 0 aliphatic heterocycles. The van der Waals surface area contributed by atoms with Crippen LogP contribution in [0, 0.1) is 19.8 Å². The van der Waals surface area contributed by atoms with E-state index in [1.165, 1.54) is 41.8 Å². The van der Waals surface area contributed by atoms with Crippen LogP contribution in [-0.4, -0.2) is 9.78 Å². The first-order valence-electron chi connectivity index (χ1n) is 7.92. The van der Waals surface area contributed by atoms with Gasteiger partial charge in [0, 0.05) is 35.8 Å². The largest absolute Gasteiger partial charge is 0.305 e. The Bertz CT molecular complexity index is 579. The lowest BCUT2D eigenvalue weighted by atomic mass is 9.96. The fourth-order valence-electron chi connectivity index (χ4n) is 3.54. The van der Waals surface area contributed by atoms with E-state index in [1.54, 1.807) is 0 Å². The molecule has 1 atom stereocenters. The molecule has 3 nitrogen and oxygen atoms in total. The molecule has 1 unspecified atom stereocenters. The molecule has 0 radical (unpaired) electrons. The van der Waals surface area contributed by atoms with E-state index in [1.807, 2.05) is 23.1 Å². The van der Waals surface area contributed by atoms with Crippen molar-refractivity contribution in [1.29, 1.82) is 0 Å². The van der Waals surface area contributed by atoms with Crippen molar-refractivity contribution in [3.8, 4) is 0 Å². The van der Waals surface area contributed by atoms with Gasteiger partial charge in [0.15, 0.2) is 0 Å². The molecule has 1 fully saturated rings. The van der Waals surface area contributed by atoms with Crippen LogP contribution >= 0.6 is 11.3 Å². The zero-order chi connectivity index (χ0) is 14.8. The molecule has 114 valence electrons. The Morgan fingerprint density at radius 2 is 2.14 bits per heavy atom. The molecule has 1 aliphatic carbocycles. The molecule has 0 bridgehead atoms. The summed E-state index contributed by atoms with van der Waals surface area (Å²) in [6.45, 7) is 5.19. The van der Waals surface area contributed by atoms with E-state index in [0.29, 0.717) is 6.04 Å². The minimum atomic E-state index is 0.506. The van der Waals surface area contributed by atoms with Crippen molar-refractivity contribution in [2.24, 2.45) is 13.0 Å². The van der Waals surface area contributed by atoms with Crippen molar-refractivity contribution in [3.05, 3.63) is 39.3 Å². The third-order valence-corrected chi connectivity index (χ3v) is 5.83. The van der Waals surface area contributed by atoms with Gasteiger partial charge in [-0.2, -0.15) is 5.10 Å². The highest BCUT2D eigenvalue weighted by atomic mass is 32.1. The van der Waals surface area contributed by atoms with E-state index < -0.39 is 0 Å². The second kappa shape index (κ2) is 6.32. The van der Waals surface area contributed by atoms with Gasteiger partial charge in [0.25, 0.3) is 0 Å². The highest BCUT2D eigenvalue weighted by molar-refractivity contribution is 7.10. The number of nitrogens with one attached hydrogen (secondary N) is 1. The number of aryl methyl sites for hydroxylation is 2. The Balaban J connectivity index is 1.75. The summed E-state index contributed by atoms with van der Waals surface area (Å²) in [5.41, 5.74) is 3.78. The van der Waals surface area contributed by atoms with Crippen LogP contribution in [0.2, 0.25) is 0 Å². The Morgan fingerprint density at radius 3 is 2.71 bits per heavy atom. The zero-order valence-corrected chi connectivity index (χ0v) is 14.0. The maximum atomic E-state index is 4.53. The van der Waals surface area contributed by atoms with Gasteiger partial charge in [-0.05, 0) is 44.1 Å². The van der Waals surface area contributed by atoms with Gasteiger partial charge < -0.3 is 5.32 Å². The van der Waals surface area contributed by atoms with Crippen LogP contribution in [-0.2, 0) is 13.6 Å². The van der Waals surface area contributed by atoms with E-state index in [0.717, 1.165) is 18.2 Å². The summed E-state index contributed by atoms with van der Waals surface area (Å²) in [6, 6.07) is 4.96. The summed E-state index contributed by atoms with van der Waals surface area (Å²) >= 11 is 1.88. The van der Waals surface area contributed by atoms with Crippen molar-refractivity contribution in [1.82, 2.24) is 15.1 Å². The van der Waals surface area contributed by atoms with E-state index in [2.05, 4.69) is 41.8 Å². The van der Waals surface area contributed by atoms with Gasteiger partial charge in [0.1, 0.15) is 0 Å². The maximum Gasteiger partial charge on any atom is 0.0641 e. The minimum absolute atomic E-state index is 0.506. The lowest BCUT2D eigenvalue weighted by molar-refractivity contribution is 0.370. The molecule has 1 saturated carbocycles. The fraction of sp³-hybridized carbons (Fsp3) is 0.588. The van der Waals surface area contributed by atoms with Gasteiger partial charge in [-0.3, -0.25) is 4.68 Å². The van der Waals surface area contributed by atoms with E-state index in [4.69, 9.17) is 0 Å². The van der Waals surface area contributed by atoms with Crippen LogP contribution in [0.1, 0.15) is 53.6 Å².